The molecule has 4 heterocycles. The Morgan fingerprint density at radius 3 is 2.84 bits per heavy atom. The maximum absolute atomic E-state index is 14.3. The molecule has 0 bridgehead atoms. The molecule has 1 N–H and O–H groups in total. The van der Waals surface area contributed by atoms with Gasteiger partial charge in [0.15, 0.2) is 11.5 Å². The molecule has 5 aromatic rings. The summed E-state index contributed by atoms with van der Waals surface area (Å²) in [4.78, 5) is 8.79. The fraction of sp³-hybridized carbons (Fsp3) is 0.0909. The van der Waals surface area contributed by atoms with Crippen LogP contribution in [-0.4, -0.2) is 29.4 Å². The molecule has 31 heavy (non-hydrogen) atoms. The van der Waals surface area contributed by atoms with Gasteiger partial charge in [-0.1, -0.05) is 29.8 Å². The number of benzene rings is 1. The first kappa shape index (κ1) is 19.2. The van der Waals surface area contributed by atoms with Crippen LogP contribution in [0.1, 0.15) is 11.3 Å². The van der Waals surface area contributed by atoms with E-state index in [1.165, 1.54) is 12.4 Å². The Bertz CT molecular complexity index is 1390. The van der Waals surface area contributed by atoms with Crippen LogP contribution in [0.15, 0.2) is 67.1 Å². The Balaban J connectivity index is 1.55. The topological polar surface area (TPSA) is 72.9 Å². The van der Waals surface area contributed by atoms with E-state index in [1.807, 2.05) is 49.5 Å². The van der Waals surface area contributed by atoms with Crippen molar-refractivity contribution in [2.75, 3.05) is 5.32 Å². The van der Waals surface area contributed by atoms with Crippen molar-refractivity contribution in [2.45, 2.75) is 13.5 Å². The minimum absolute atomic E-state index is 0.0932. The number of hydrogen-bond acceptors (Lipinski definition) is 5. The van der Waals surface area contributed by atoms with E-state index in [1.54, 1.807) is 21.3 Å². The first-order valence-electron chi connectivity index (χ1n) is 9.59. The molecule has 0 aliphatic heterocycles. The Morgan fingerprint density at radius 1 is 1.10 bits per heavy atom. The van der Waals surface area contributed by atoms with Gasteiger partial charge in [0.25, 0.3) is 0 Å². The van der Waals surface area contributed by atoms with E-state index in [-0.39, 0.29) is 11.6 Å². The van der Waals surface area contributed by atoms with Crippen molar-refractivity contribution in [1.29, 1.82) is 0 Å². The molecule has 0 spiro atoms. The standard InChI is InChI=1S/C22H17ClFN7/c1-14-4-2-7-21(28-14)31-18(16-8-9-20-26-13-27-30(20)12-16)10-19(29-31)25-11-15-5-3-6-17(23)22(15)24/h2-10,12-13H,11H2,1H3,(H,25,29). The molecule has 0 fully saturated rings. The zero-order valence-electron chi connectivity index (χ0n) is 16.5. The van der Waals surface area contributed by atoms with Crippen LogP contribution in [0.4, 0.5) is 10.2 Å². The molecule has 0 amide bonds. The Kier molecular flexibility index (Phi) is 4.83. The number of anilines is 1. The van der Waals surface area contributed by atoms with Crippen molar-refractivity contribution in [1.82, 2.24) is 29.4 Å². The van der Waals surface area contributed by atoms with Crippen molar-refractivity contribution in [3.63, 3.8) is 0 Å². The molecule has 0 aliphatic rings. The van der Waals surface area contributed by atoms with Gasteiger partial charge < -0.3 is 5.32 Å². The van der Waals surface area contributed by atoms with Gasteiger partial charge in [-0.3, -0.25) is 0 Å². The van der Waals surface area contributed by atoms with Gasteiger partial charge in [-0.15, -0.1) is 5.10 Å². The molecule has 0 radical (unpaired) electrons. The second-order valence-corrected chi connectivity index (χ2v) is 7.42. The van der Waals surface area contributed by atoms with Crippen LogP contribution in [0.25, 0.3) is 22.7 Å². The first-order chi connectivity index (χ1) is 15.1. The monoisotopic (exact) mass is 433 g/mol. The number of nitrogens with one attached hydrogen (secondary N) is 1. The van der Waals surface area contributed by atoms with E-state index in [9.17, 15) is 4.39 Å². The van der Waals surface area contributed by atoms with Gasteiger partial charge in [0.1, 0.15) is 18.0 Å². The quantitative estimate of drug-likeness (QED) is 0.435. The number of aromatic nitrogens is 6. The van der Waals surface area contributed by atoms with E-state index >= 15 is 0 Å². The Morgan fingerprint density at radius 2 is 1.97 bits per heavy atom. The van der Waals surface area contributed by atoms with Gasteiger partial charge in [0.2, 0.25) is 0 Å². The lowest BCUT2D eigenvalue weighted by molar-refractivity contribution is 0.613. The number of nitrogens with zero attached hydrogens (tertiary/aromatic N) is 6. The molecule has 1 aromatic carbocycles. The molecule has 0 saturated heterocycles. The number of halogens is 2. The van der Waals surface area contributed by atoms with Crippen LogP contribution < -0.4 is 5.32 Å². The minimum atomic E-state index is -0.437. The fourth-order valence-electron chi connectivity index (χ4n) is 3.33. The molecular formula is C22H17ClFN7. The number of hydrogen-bond donors (Lipinski definition) is 1. The average Bonchev–Trinajstić information content (AvgIpc) is 3.41. The zero-order chi connectivity index (χ0) is 21.4. The summed E-state index contributed by atoms with van der Waals surface area (Å²) < 4.78 is 17.7. The van der Waals surface area contributed by atoms with E-state index < -0.39 is 5.82 Å². The van der Waals surface area contributed by atoms with Gasteiger partial charge in [-0.25, -0.2) is 23.6 Å². The van der Waals surface area contributed by atoms with Gasteiger partial charge in [-0.2, -0.15) is 5.10 Å². The number of aryl methyl sites for hydroxylation is 1. The van der Waals surface area contributed by atoms with Crippen LogP contribution in [0.2, 0.25) is 5.02 Å². The van der Waals surface area contributed by atoms with Gasteiger partial charge in [0, 0.05) is 35.6 Å². The molecule has 0 atom stereocenters. The maximum atomic E-state index is 14.3. The second kappa shape index (κ2) is 7.81. The average molecular weight is 434 g/mol. The van der Waals surface area contributed by atoms with E-state index in [4.69, 9.17) is 11.6 Å². The van der Waals surface area contributed by atoms with E-state index in [2.05, 4.69) is 25.5 Å². The van der Waals surface area contributed by atoms with Gasteiger partial charge in [0.05, 0.1) is 10.7 Å². The zero-order valence-corrected chi connectivity index (χ0v) is 17.3. The van der Waals surface area contributed by atoms with Gasteiger partial charge in [-0.05, 0) is 37.3 Å². The third-order valence-corrected chi connectivity index (χ3v) is 5.15. The predicted molar refractivity (Wildman–Crippen MR) is 117 cm³/mol. The molecule has 0 unspecified atom stereocenters. The fourth-order valence-corrected chi connectivity index (χ4v) is 3.53. The summed E-state index contributed by atoms with van der Waals surface area (Å²) in [6.45, 7) is 2.17. The molecule has 154 valence electrons. The summed E-state index contributed by atoms with van der Waals surface area (Å²) in [5.41, 5.74) is 3.78. The summed E-state index contributed by atoms with van der Waals surface area (Å²) in [5.74, 6) is 0.820. The lowest BCUT2D eigenvalue weighted by Crippen LogP contribution is -2.05. The van der Waals surface area contributed by atoms with Crippen LogP contribution >= 0.6 is 11.6 Å². The molecule has 7 nitrogen and oxygen atoms in total. The third kappa shape index (κ3) is 3.73. The Labute approximate surface area is 182 Å². The Hall–Kier alpha value is -3.78. The SMILES string of the molecule is Cc1cccc(-n2nc(NCc3cccc(Cl)c3F)cc2-c2ccc3ncnn3c2)n1. The maximum Gasteiger partial charge on any atom is 0.155 e. The lowest BCUT2D eigenvalue weighted by Gasteiger charge is -2.07. The largest absolute Gasteiger partial charge is 0.364 e. The molecule has 5 rings (SSSR count). The van der Waals surface area contributed by atoms with Crippen molar-refractivity contribution in [3.05, 3.63) is 89.2 Å². The van der Waals surface area contributed by atoms with Crippen LogP contribution in [0, 0.1) is 12.7 Å². The van der Waals surface area contributed by atoms with Crippen molar-refractivity contribution < 1.29 is 4.39 Å². The summed E-state index contributed by atoms with van der Waals surface area (Å²) in [7, 11) is 0. The second-order valence-electron chi connectivity index (χ2n) is 7.01. The molecule has 9 heteroatoms. The molecule has 0 aliphatic carbocycles. The first-order valence-corrected chi connectivity index (χ1v) is 9.97. The molecular weight excluding hydrogens is 417 g/mol. The highest BCUT2D eigenvalue weighted by Crippen LogP contribution is 2.26. The summed E-state index contributed by atoms with van der Waals surface area (Å²) in [6, 6.07) is 16.4. The smallest absolute Gasteiger partial charge is 0.155 e. The summed E-state index contributed by atoms with van der Waals surface area (Å²) in [5, 5.41) is 12.2. The number of fused-ring (bicyclic) bond motifs is 1. The van der Waals surface area contributed by atoms with Crippen LogP contribution in [0.3, 0.4) is 0 Å². The van der Waals surface area contributed by atoms with E-state index in [0.29, 0.717) is 17.2 Å². The highest BCUT2D eigenvalue weighted by atomic mass is 35.5. The van der Waals surface area contributed by atoms with Crippen molar-refractivity contribution in [3.8, 4) is 17.1 Å². The predicted octanol–water partition coefficient (Wildman–Crippen LogP) is 4.69. The summed E-state index contributed by atoms with van der Waals surface area (Å²) >= 11 is 5.89. The van der Waals surface area contributed by atoms with Crippen molar-refractivity contribution >= 4 is 23.1 Å². The lowest BCUT2D eigenvalue weighted by atomic mass is 10.2. The van der Waals surface area contributed by atoms with E-state index in [0.717, 1.165) is 22.6 Å². The summed E-state index contributed by atoms with van der Waals surface area (Å²) in [6.07, 6.45) is 3.39. The minimum Gasteiger partial charge on any atom is -0.364 e. The normalized spacial score (nSPS) is 11.2. The van der Waals surface area contributed by atoms with Crippen molar-refractivity contribution in [2.24, 2.45) is 0 Å². The third-order valence-electron chi connectivity index (χ3n) is 4.86. The molecule has 4 aromatic heterocycles. The highest BCUT2D eigenvalue weighted by molar-refractivity contribution is 6.30. The molecule has 0 saturated carbocycles. The highest BCUT2D eigenvalue weighted by Gasteiger charge is 2.15. The van der Waals surface area contributed by atoms with Crippen LogP contribution in [-0.2, 0) is 6.54 Å². The van der Waals surface area contributed by atoms with Gasteiger partial charge >= 0.3 is 0 Å². The number of rotatable bonds is 5. The number of pyridine rings is 2. The van der Waals surface area contributed by atoms with Crippen LogP contribution in [0.5, 0.6) is 0 Å².